The van der Waals surface area contributed by atoms with Crippen LogP contribution in [0.5, 0.6) is 0 Å². The molecule has 2 nitrogen and oxygen atoms in total. The van der Waals surface area contributed by atoms with E-state index in [1.54, 1.807) is 0 Å². The van der Waals surface area contributed by atoms with Crippen LogP contribution in [0, 0.1) is 22.7 Å². The molecule has 114 valence electrons. The molecular weight excluding hydrogens is 248 g/mol. The Morgan fingerprint density at radius 2 is 2.15 bits per heavy atom. The smallest absolute Gasteiger partial charge is 0.137 e. The van der Waals surface area contributed by atoms with E-state index >= 15 is 0 Å². The van der Waals surface area contributed by atoms with Gasteiger partial charge in [0.05, 0.1) is 13.2 Å². The van der Waals surface area contributed by atoms with Gasteiger partial charge in [-0.25, -0.2) is 0 Å². The second kappa shape index (κ2) is 5.63. The molecule has 0 aliphatic heterocycles. The summed E-state index contributed by atoms with van der Waals surface area (Å²) in [6.07, 6.45) is 6.29. The van der Waals surface area contributed by atoms with E-state index in [4.69, 9.17) is 4.74 Å². The van der Waals surface area contributed by atoms with Crippen LogP contribution in [-0.4, -0.2) is 19.0 Å². The van der Waals surface area contributed by atoms with Crippen molar-refractivity contribution in [2.45, 2.75) is 60.3 Å². The molecule has 0 aromatic carbocycles. The lowest BCUT2D eigenvalue weighted by atomic mass is 9.64. The molecule has 2 heteroatoms. The molecule has 0 spiro atoms. The maximum atomic E-state index is 12.1. The van der Waals surface area contributed by atoms with Gasteiger partial charge in [0.1, 0.15) is 5.78 Å². The zero-order chi connectivity index (χ0) is 15.0. The Labute approximate surface area is 124 Å². The molecule has 2 rings (SSSR count). The first-order valence-corrected chi connectivity index (χ1v) is 8.05. The lowest BCUT2D eigenvalue weighted by Crippen LogP contribution is -2.37. The van der Waals surface area contributed by atoms with Gasteiger partial charge in [-0.3, -0.25) is 4.79 Å². The number of hydrogen-bond acceptors (Lipinski definition) is 2. The molecule has 0 saturated heterocycles. The molecule has 1 saturated carbocycles. The van der Waals surface area contributed by atoms with E-state index in [0.29, 0.717) is 11.7 Å². The molecule has 0 N–H and O–H groups in total. The minimum atomic E-state index is 0.111. The predicted octanol–water partition coefficient (Wildman–Crippen LogP) is 4.39. The van der Waals surface area contributed by atoms with Crippen LogP contribution in [-0.2, 0) is 9.53 Å². The number of carbonyl (C=O) groups excluding carboxylic acids is 1. The Bertz CT molecular complexity index is 402. The fourth-order valence-corrected chi connectivity index (χ4v) is 3.94. The molecule has 0 heterocycles. The number of allylic oxidation sites excluding steroid dienone is 1. The zero-order valence-electron chi connectivity index (χ0n) is 13.8. The number of fused-ring (bicyclic) bond motifs is 1. The SMILES string of the molecule is C[C@H](COCC(C)(C)C)C1=CC[C@H]2C(=O)CCC[C@]12C. The number of carbonyl (C=O) groups is 1. The fourth-order valence-electron chi connectivity index (χ4n) is 3.94. The van der Waals surface area contributed by atoms with E-state index in [-0.39, 0.29) is 16.7 Å². The molecule has 3 atom stereocenters. The van der Waals surface area contributed by atoms with E-state index in [1.165, 1.54) is 12.0 Å². The summed E-state index contributed by atoms with van der Waals surface area (Å²) in [5.41, 5.74) is 1.81. The summed E-state index contributed by atoms with van der Waals surface area (Å²) in [4.78, 5) is 12.1. The molecular formula is C18H30O2. The third kappa shape index (κ3) is 3.16. The van der Waals surface area contributed by atoms with Crippen LogP contribution in [0.2, 0.25) is 0 Å². The van der Waals surface area contributed by atoms with E-state index < -0.39 is 0 Å². The summed E-state index contributed by atoms with van der Waals surface area (Å²) < 4.78 is 5.90. The van der Waals surface area contributed by atoms with Gasteiger partial charge in [-0.05, 0) is 30.1 Å². The third-order valence-corrected chi connectivity index (χ3v) is 4.94. The summed E-state index contributed by atoms with van der Waals surface area (Å²) >= 11 is 0. The molecule has 0 aromatic heterocycles. The lowest BCUT2D eigenvalue weighted by molar-refractivity contribution is -0.128. The van der Waals surface area contributed by atoms with Crippen LogP contribution >= 0.6 is 0 Å². The number of hydrogen-bond donors (Lipinski definition) is 0. The molecule has 2 aliphatic rings. The van der Waals surface area contributed by atoms with Crippen LogP contribution < -0.4 is 0 Å². The topological polar surface area (TPSA) is 26.3 Å². The maximum absolute atomic E-state index is 12.1. The summed E-state index contributed by atoms with van der Waals surface area (Å²) in [5, 5.41) is 0. The van der Waals surface area contributed by atoms with Gasteiger partial charge in [0, 0.05) is 18.3 Å². The second-order valence-corrected chi connectivity index (χ2v) is 8.16. The van der Waals surface area contributed by atoms with Crippen LogP contribution in [0.15, 0.2) is 11.6 Å². The van der Waals surface area contributed by atoms with Crippen molar-refractivity contribution in [2.24, 2.45) is 22.7 Å². The highest BCUT2D eigenvalue weighted by Crippen LogP contribution is 2.53. The molecule has 2 aliphatic carbocycles. The molecule has 20 heavy (non-hydrogen) atoms. The third-order valence-electron chi connectivity index (χ3n) is 4.94. The Morgan fingerprint density at radius 1 is 1.45 bits per heavy atom. The van der Waals surface area contributed by atoms with Gasteiger partial charge in [-0.1, -0.05) is 46.3 Å². The summed E-state index contributed by atoms with van der Waals surface area (Å²) in [6.45, 7) is 12.7. The number of Topliss-reactive ketones (excluding diaryl/α,β-unsaturated/α-hetero) is 1. The highest BCUT2D eigenvalue weighted by molar-refractivity contribution is 5.84. The van der Waals surface area contributed by atoms with Gasteiger partial charge >= 0.3 is 0 Å². The number of ether oxygens (including phenoxy) is 1. The quantitative estimate of drug-likeness (QED) is 0.713. The van der Waals surface area contributed by atoms with Gasteiger partial charge in [0.15, 0.2) is 0 Å². The lowest BCUT2D eigenvalue weighted by Gasteiger charge is -2.40. The molecule has 0 aromatic rings. The van der Waals surface area contributed by atoms with Crippen LogP contribution in [0.25, 0.3) is 0 Å². The van der Waals surface area contributed by atoms with Crippen molar-refractivity contribution in [1.82, 2.24) is 0 Å². The first kappa shape index (κ1) is 15.8. The van der Waals surface area contributed by atoms with E-state index in [2.05, 4.69) is 40.7 Å². The molecule has 0 unspecified atom stereocenters. The normalized spacial score (nSPS) is 31.9. The monoisotopic (exact) mass is 278 g/mol. The molecule has 0 radical (unpaired) electrons. The maximum Gasteiger partial charge on any atom is 0.137 e. The van der Waals surface area contributed by atoms with Crippen LogP contribution in [0.3, 0.4) is 0 Å². The van der Waals surface area contributed by atoms with Gasteiger partial charge in [-0.2, -0.15) is 0 Å². The highest BCUT2D eigenvalue weighted by atomic mass is 16.5. The van der Waals surface area contributed by atoms with Crippen molar-refractivity contribution in [1.29, 1.82) is 0 Å². The predicted molar refractivity (Wildman–Crippen MR) is 82.6 cm³/mol. The van der Waals surface area contributed by atoms with Crippen molar-refractivity contribution >= 4 is 5.78 Å². The first-order chi connectivity index (χ1) is 9.24. The van der Waals surface area contributed by atoms with E-state index in [1.807, 2.05) is 0 Å². The standard InChI is InChI=1S/C18H30O2/c1-13(11-20-12-17(2,3)4)14-8-9-15-16(19)7-6-10-18(14,15)5/h8,13,15H,6-7,9-12H2,1-5H3/t13-,15+,18-/m1/s1. The van der Waals surface area contributed by atoms with E-state index in [9.17, 15) is 4.79 Å². The van der Waals surface area contributed by atoms with Gasteiger partial charge < -0.3 is 4.74 Å². The van der Waals surface area contributed by atoms with Crippen LogP contribution in [0.1, 0.15) is 60.3 Å². The Kier molecular flexibility index (Phi) is 4.44. The number of rotatable bonds is 4. The van der Waals surface area contributed by atoms with Crippen molar-refractivity contribution in [3.8, 4) is 0 Å². The number of ketones is 1. The Morgan fingerprint density at radius 3 is 2.80 bits per heavy atom. The van der Waals surface area contributed by atoms with Crippen molar-refractivity contribution in [3.05, 3.63) is 11.6 Å². The molecule has 1 fully saturated rings. The first-order valence-electron chi connectivity index (χ1n) is 8.05. The Balaban J connectivity index is 1.97. The second-order valence-electron chi connectivity index (χ2n) is 8.16. The zero-order valence-corrected chi connectivity index (χ0v) is 13.8. The van der Waals surface area contributed by atoms with Gasteiger partial charge in [0.2, 0.25) is 0 Å². The summed E-state index contributed by atoms with van der Waals surface area (Å²) in [5.74, 6) is 1.15. The van der Waals surface area contributed by atoms with Crippen molar-refractivity contribution in [2.75, 3.05) is 13.2 Å². The van der Waals surface area contributed by atoms with Gasteiger partial charge in [-0.15, -0.1) is 0 Å². The highest BCUT2D eigenvalue weighted by Gasteiger charge is 2.47. The average Bonchev–Trinajstić information content (AvgIpc) is 2.66. The molecule has 0 bridgehead atoms. The van der Waals surface area contributed by atoms with E-state index in [0.717, 1.165) is 32.5 Å². The largest absolute Gasteiger partial charge is 0.380 e. The minimum Gasteiger partial charge on any atom is -0.380 e. The summed E-state index contributed by atoms with van der Waals surface area (Å²) in [6, 6.07) is 0. The summed E-state index contributed by atoms with van der Waals surface area (Å²) in [7, 11) is 0. The Hall–Kier alpha value is -0.630. The van der Waals surface area contributed by atoms with Crippen LogP contribution in [0.4, 0.5) is 0 Å². The van der Waals surface area contributed by atoms with Gasteiger partial charge in [0.25, 0.3) is 0 Å². The minimum absolute atomic E-state index is 0.111. The van der Waals surface area contributed by atoms with Crippen molar-refractivity contribution < 1.29 is 9.53 Å². The fraction of sp³-hybridized carbons (Fsp3) is 0.833. The van der Waals surface area contributed by atoms with Crippen molar-refractivity contribution in [3.63, 3.8) is 0 Å². The average molecular weight is 278 g/mol. The molecule has 0 amide bonds.